The van der Waals surface area contributed by atoms with E-state index in [1.54, 1.807) is 0 Å². The van der Waals surface area contributed by atoms with Gasteiger partial charge in [-0.1, -0.05) is 0 Å². The summed E-state index contributed by atoms with van der Waals surface area (Å²) in [5.41, 5.74) is 1.51. The lowest BCUT2D eigenvalue weighted by Gasteiger charge is -2.40. The van der Waals surface area contributed by atoms with Crippen LogP contribution in [0.2, 0.25) is 0 Å². The molecule has 0 spiro atoms. The van der Waals surface area contributed by atoms with Crippen LogP contribution in [0.3, 0.4) is 0 Å². The van der Waals surface area contributed by atoms with Crippen molar-refractivity contribution < 1.29 is 5.11 Å². The number of aryl methyl sites for hydroxylation is 2. The lowest BCUT2D eigenvalue weighted by Crippen LogP contribution is -2.48. The Hall–Kier alpha value is -1.23. The Kier molecular flexibility index (Phi) is 2.56. The van der Waals surface area contributed by atoms with Crippen LogP contribution in [0.1, 0.15) is 30.7 Å². The molecule has 5 nitrogen and oxygen atoms in total. The van der Waals surface area contributed by atoms with Crippen molar-refractivity contribution in [3.63, 3.8) is 0 Å². The molecule has 0 unspecified atom stereocenters. The highest BCUT2D eigenvalue weighted by Crippen LogP contribution is 2.33. The molecule has 1 aliphatic rings. The van der Waals surface area contributed by atoms with Crippen LogP contribution in [0.25, 0.3) is 0 Å². The molecule has 82 valence electrons. The van der Waals surface area contributed by atoms with Crippen molar-refractivity contribution in [3.8, 4) is 0 Å². The van der Waals surface area contributed by atoms with Crippen LogP contribution < -0.4 is 5.32 Å². The van der Waals surface area contributed by atoms with Crippen LogP contribution in [-0.2, 0) is 0 Å². The smallest absolute Gasteiger partial charge is 0.243 e. The number of aliphatic hydroxyl groups excluding tert-OH is 1. The Bertz CT molecular complexity index is 357. The molecule has 0 atom stereocenters. The summed E-state index contributed by atoms with van der Waals surface area (Å²) in [4.78, 5) is 4.29. The van der Waals surface area contributed by atoms with Crippen LogP contribution in [0.15, 0.2) is 0 Å². The third kappa shape index (κ3) is 1.92. The molecule has 1 aliphatic carbocycles. The van der Waals surface area contributed by atoms with Gasteiger partial charge in [-0.15, -0.1) is 5.10 Å². The van der Waals surface area contributed by atoms with Crippen molar-refractivity contribution in [1.29, 1.82) is 0 Å². The largest absolute Gasteiger partial charge is 0.394 e. The van der Waals surface area contributed by atoms with E-state index in [0.29, 0.717) is 5.95 Å². The number of aromatic nitrogens is 3. The highest BCUT2D eigenvalue weighted by Gasteiger charge is 2.37. The molecule has 5 heteroatoms. The zero-order valence-corrected chi connectivity index (χ0v) is 9.12. The lowest BCUT2D eigenvalue weighted by atomic mass is 9.77. The molecule has 1 heterocycles. The van der Waals surface area contributed by atoms with Crippen LogP contribution in [0.4, 0.5) is 5.95 Å². The van der Waals surface area contributed by atoms with E-state index in [9.17, 15) is 5.11 Å². The van der Waals surface area contributed by atoms with Gasteiger partial charge in [0.1, 0.15) is 0 Å². The first-order valence-electron chi connectivity index (χ1n) is 5.22. The van der Waals surface area contributed by atoms with Crippen molar-refractivity contribution >= 4 is 5.95 Å². The fourth-order valence-corrected chi connectivity index (χ4v) is 1.67. The summed E-state index contributed by atoms with van der Waals surface area (Å²) in [7, 11) is 0. The fraction of sp³-hybridized carbons (Fsp3) is 0.700. The number of nitrogens with zero attached hydrogens (tertiary/aromatic N) is 3. The number of aliphatic hydroxyl groups is 1. The van der Waals surface area contributed by atoms with Crippen molar-refractivity contribution in [1.82, 2.24) is 15.2 Å². The summed E-state index contributed by atoms with van der Waals surface area (Å²) in [5.74, 6) is 0.520. The average Bonchev–Trinajstić information content (AvgIpc) is 2.17. The Balaban J connectivity index is 2.13. The highest BCUT2D eigenvalue weighted by molar-refractivity contribution is 5.31. The number of hydrogen-bond donors (Lipinski definition) is 2. The molecule has 0 radical (unpaired) electrons. The molecule has 0 bridgehead atoms. The SMILES string of the molecule is Cc1nnc(NC2(CO)CCC2)nc1C. The van der Waals surface area contributed by atoms with Crippen LogP contribution in [0.5, 0.6) is 0 Å². The second-order valence-corrected chi connectivity index (χ2v) is 4.22. The molecule has 1 saturated carbocycles. The summed E-state index contributed by atoms with van der Waals surface area (Å²) < 4.78 is 0. The van der Waals surface area contributed by atoms with E-state index in [1.165, 1.54) is 0 Å². The minimum atomic E-state index is -0.205. The molecule has 2 N–H and O–H groups in total. The molecule has 0 aromatic carbocycles. The van der Waals surface area contributed by atoms with Crippen molar-refractivity contribution in [2.24, 2.45) is 0 Å². The molecular formula is C10H16N4O. The second kappa shape index (κ2) is 3.73. The van der Waals surface area contributed by atoms with Gasteiger partial charge in [0.2, 0.25) is 5.95 Å². The normalized spacial score (nSPS) is 18.3. The Labute approximate surface area is 89.0 Å². The van der Waals surface area contributed by atoms with E-state index in [1.807, 2.05) is 13.8 Å². The van der Waals surface area contributed by atoms with Gasteiger partial charge in [0.05, 0.1) is 23.5 Å². The second-order valence-electron chi connectivity index (χ2n) is 4.22. The van der Waals surface area contributed by atoms with E-state index in [0.717, 1.165) is 30.7 Å². The standard InChI is InChI=1S/C10H16N4O/c1-7-8(2)13-14-9(11-7)12-10(6-15)4-3-5-10/h15H,3-6H2,1-2H3,(H,11,12,14). The molecular weight excluding hydrogens is 192 g/mol. The predicted octanol–water partition coefficient (Wildman–Crippen LogP) is 0.815. The first-order chi connectivity index (χ1) is 7.15. The zero-order valence-electron chi connectivity index (χ0n) is 9.12. The first-order valence-corrected chi connectivity index (χ1v) is 5.22. The van der Waals surface area contributed by atoms with Gasteiger partial charge >= 0.3 is 0 Å². The third-order valence-electron chi connectivity index (χ3n) is 3.08. The van der Waals surface area contributed by atoms with Gasteiger partial charge in [0.15, 0.2) is 0 Å². The van der Waals surface area contributed by atoms with Crippen LogP contribution in [-0.4, -0.2) is 32.4 Å². The van der Waals surface area contributed by atoms with Crippen LogP contribution in [0, 0.1) is 13.8 Å². The third-order valence-corrected chi connectivity index (χ3v) is 3.08. The molecule has 0 saturated heterocycles. The molecule has 2 rings (SSSR count). The van der Waals surface area contributed by atoms with E-state index in [-0.39, 0.29) is 12.1 Å². The fourth-order valence-electron chi connectivity index (χ4n) is 1.67. The van der Waals surface area contributed by atoms with E-state index < -0.39 is 0 Å². The maximum Gasteiger partial charge on any atom is 0.243 e. The highest BCUT2D eigenvalue weighted by atomic mass is 16.3. The van der Waals surface area contributed by atoms with Crippen molar-refractivity contribution in [2.45, 2.75) is 38.6 Å². The van der Waals surface area contributed by atoms with Gasteiger partial charge in [-0.2, -0.15) is 5.10 Å². The number of anilines is 1. The van der Waals surface area contributed by atoms with Gasteiger partial charge in [0.25, 0.3) is 0 Å². The van der Waals surface area contributed by atoms with Gasteiger partial charge < -0.3 is 10.4 Å². The van der Waals surface area contributed by atoms with Gasteiger partial charge in [0, 0.05) is 0 Å². The summed E-state index contributed by atoms with van der Waals surface area (Å²) in [6, 6.07) is 0. The molecule has 0 amide bonds. The summed E-state index contributed by atoms with van der Waals surface area (Å²) in [6.07, 6.45) is 3.09. The average molecular weight is 208 g/mol. The van der Waals surface area contributed by atoms with E-state index in [2.05, 4.69) is 20.5 Å². The molecule has 1 fully saturated rings. The summed E-state index contributed by atoms with van der Waals surface area (Å²) >= 11 is 0. The number of hydrogen-bond acceptors (Lipinski definition) is 5. The van der Waals surface area contributed by atoms with Crippen molar-refractivity contribution in [2.75, 3.05) is 11.9 Å². The Morgan fingerprint density at radius 1 is 1.27 bits per heavy atom. The minimum absolute atomic E-state index is 0.128. The van der Waals surface area contributed by atoms with Crippen molar-refractivity contribution in [3.05, 3.63) is 11.4 Å². The van der Waals surface area contributed by atoms with Gasteiger partial charge in [-0.05, 0) is 33.1 Å². The zero-order chi connectivity index (χ0) is 10.9. The van der Waals surface area contributed by atoms with Gasteiger partial charge in [-0.25, -0.2) is 4.98 Å². The maximum atomic E-state index is 9.28. The number of rotatable bonds is 3. The monoisotopic (exact) mass is 208 g/mol. The summed E-state index contributed by atoms with van der Waals surface area (Å²) in [5, 5.41) is 20.4. The molecule has 15 heavy (non-hydrogen) atoms. The van der Waals surface area contributed by atoms with Gasteiger partial charge in [-0.3, -0.25) is 0 Å². The van der Waals surface area contributed by atoms with E-state index in [4.69, 9.17) is 0 Å². The first kappa shape index (κ1) is 10.3. The van der Waals surface area contributed by atoms with Crippen LogP contribution >= 0.6 is 0 Å². The Morgan fingerprint density at radius 2 is 2.00 bits per heavy atom. The maximum absolute atomic E-state index is 9.28. The quantitative estimate of drug-likeness (QED) is 0.769. The van der Waals surface area contributed by atoms with E-state index >= 15 is 0 Å². The molecule has 1 aromatic heterocycles. The molecule has 0 aliphatic heterocycles. The Morgan fingerprint density at radius 3 is 2.47 bits per heavy atom. The minimum Gasteiger partial charge on any atom is -0.394 e. The summed E-state index contributed by atoms with van der Waals surface area (Å²) in [6.45, 7) is 3.91. The number of nitrogens with one attached hydrogen (secondary N) is 1. The molecule has 1 aromatic rings. The lowest BCUT2D eigenvalue weighted by molar-refractivity contribution is 0.143. The predicted molar refractivity (Wildman–Crippen MR) is 56.6 cm³/mol. The topological polar surface area (TPSA) is 70.9 Å².